The van der Waals surface area contributed by atoms with Gasteiger partial charge in [-0.3, -0.25) is 9.20 Å². The van der Waals surface area contributed by atoms with E-state index in [2.05, 4.69) is 17.2 Å². The molecule has 0 aliphatic carbocycles. The third-order valence-electron chi connectivity index (χ3n) is 4.35. The van der Waals surface area contributed by atoms with E-state index in [1.54, 1.807) is 25.1 Å². The number of hydrogen-bond donors (Lipinski definition) is 1. The van der Waals surface area contributed by atoms with Gasteiger partial charge in [0, 0.05) is 11.9 Å². The molecule has 1 aromatic carbocycles. The Labute approximate surface area is 158 Å². The van der Waals surface area contributed by atoms with Gasteiger partial charge in [0.1, 0.15) is 22.9 Å². The topological polar surface area (TPSA) is 55.6 Å². The second kappa shape index (κ2) is 8.66. The standard InChI is InChI=1S/C21H24FN3O2/c1-3-4-5-6-13-27-18-10-8-17(9-11-18)24-21(26)20-15(2)23-19-12-7-16(22)14-25(19)20/h7-12,14H,3-6,13H2,1-2H3,(H,24,26). The molecule has 0 radical (unpaired) electrons. The second-order valence-electron chi connectivity index (χ2n) is 6.51. The van der Waals surface area contributed by atoms with Gasteiger partial charge < -0.3 is 10.1 Å². The van der Waals surface area contributed by atoms with Crippen LogP contribution < -0.4 is 10.1 Å². The number of fused-ring (bicyclic) bond motifs is 1. The number of ether oxygens (including phenoxy) is 1. The summed E-state index contributed by atoms with van der Waals surface area (Å²) in [6.45, 7) is 4.60. The number of carbonyl (C=O) groups is 1. The predicted octanol–water partition coefficient (Wildman–Crippen LogP) is 4.99. The zero-order valence-corrected chi connectivity index (χ0v) is 15.7. The Balaban J connectivity index is 1.65. The van der Waals surface area contributed by atoms with Crippen LogP contribution in [-0.2, 0) is 0 Å². The van der Waals surface area contributed by atoms with Crippen molar-refractivity contribution in [1.29, 1.82) is 0 Å². The van der Waals surface area contributed by atoms with Crippen LogP contribution >= 0.6 is 0 Å². The van der Waals surface area contributed by atoms with Crippen LogP contribution in [0.1, 0.15) is 48.8 Å². The van der Waals surface area contributed by atoms with Gasteiger partial charge in [0.25, 0.3) is 5.91 Å². The van der Waals surface area contributed by atoms with Crippen LogP contribution in [0, 0.1) is 12.7 Å². The van der Waals surface area contributed by atoms with Crippen molar-refractivity contribution in [2.24, 2.45) is 0 Å². The summed E-state index contributed by atoms with van der Waals surface area (Å²) in [4.78, 5) is 17.0. The van der Waals surface area contributed by atoms with Crippen molar-refractivity contribution in [2.75, 3.05) is 11.9 Å². The molecule has 2 heterocycles. The quantitative estimate of drug-likeness (QED) is 0.569. The summed E-state index contributed by atoms with van der Waals surface area (Å²) in [5.41, 5.74) is 2.04. The predicted molar refractivity (Wildman–Crippen MR) is 104 cm³/mol. The Kier molecular flexibility index (Phi) is 6.06. The van der Waals surface area contributed by atoms with Gasteiger partial charge in [-0.15, -0.1) is 0 Å². The van der Waals surface area contributed by atoms with Crippen molar-refractivity contribution < 1.29 is 13.9 Å². The van der Waals surface area contributed by atoms with Gasteiger partial charge >= 0.3 is 0 Å². The van der Waals surface area contributed by atoms with E-state index in [1.165, 1.54) is 35.9 Å². The molecule has 0 saturated heterocycles. The van der Waals surface area contributed by atoms with Crippen molar-refractivity contribution in [1.82, 2.24) is 9.38 Å². The van der Waals surface area contributed by atoms with Gasteiger partial charge in [0.05, 0.1) is 12.3 Å². The number of amides is 1. The minimum Gasteiger partial charge on any atom is -0.494 e. The van der Waals surface area contributed by atoms with Crippen LogP contribution in [0.4, 0.5) is 10.1 Å². The fourth-order valence-corrected chi connectivity index (χ4v) is 2.95. The third kappa shape index (κ3) is 4.64. The molecule has 27 heavy (non-hydrogen) atoms. The van der Waals surface area contributed by atoms with E-state index >= 15 is 0 Å². The number of aryl methyl sites for hydroxylation is 1. The summed E-state index contributed by atoms with van der Waals surface area (Å²) >= 11 is 0. The number of pyridine rings is 1. The Morgan fingerprint density at radius 1 is 1.15 bits per heavy atom. The number of carbonyl (C=O) groups excluding carboxylic acids is 1. The van der Waals surface area contributed by atoms with E-state index in [-0.39, 0.29) is 5.91 Å². The minimum absolute atomic E-state index is 0.320. The molecule has 0 aliphatic rings. The normalized spacial score (nSPS) is 10.9. The first-order valence-corrected chi connectivity index (χ1v) is 9.27. The van der Waals surface area contributed by atoms with Crippen molar-refractivity contribution in [3.05, 3.63) is 59.8 Å². The zero-order valence-electron chi connectivity index (χ0n) is 15.7. The highest BCUT2D eigenvalue weighted by molar-refractivity contribution is 6.04. The van der Waals surface area contributed by atoms with Crippen molar-refractivity contribution in [3.63, 3.8) is 0 Å². The maximum absolute atomic E-state index is 13.5. The molecule has 0 fully saturated rings. The number of anilines is 1. The molecule has 2 aromatic heterocycles. The Hall–Kier alpha value is -2.89. The number of imidazole rings is 1. The number of benzene rings is 1. The highest BCUT2D eigenvalue weighted by atomic mass is 19.1. The molecular formula is C21H24FN3O2. The number of aromatic nitrogens is 2. The molecular weight excluding hydrogens is 345 g/mol. The number of halogens is 1. The number of nitrogens with one attached hydrogen (secondary N) is 1. The second-order valence-corrected chi connectivity index (χ2v) is 6.51. The Bertz CT molecular complexity index is 919. The first-order valence-electron chi connectivity index (χ1n) is 9.27. The van der Waals surface area contributed by atoms with Crippen molar-refractivity contribution in [2.45, 2.75) is 39.5 Å². The van der Waals surface area contributed by atoms with E-state index in [0.29, 0.717) is 29.3 Å². The lowest BCUT2D eigenvalue weighted by Crippen LogP contribution is -2.15. The fraction of sp³-hybridized carbons (Fsp3) is 0.333. The van der Waals surface area contributed by atoms with Crippen LogP contribution in [0.5, 0.6) is 5.75 Å². The van der Waals surface area contributed by atoms with E-state index < -0.39 is 5.82 Å². The monoisotopic (exact) mass is 369 g/mol. The summed E-state index contributed by atoms with van der Waals surface area (Å²) in [5.74, 6) is 0.0192. The van der Waals surface area contributed by atoms with E-state index in [4.69, 9.17) is 4.74 Å². The summed E-state index contributed by atoms with van der Waals surface area (Å²) in [7, 11) is 0. The van der Waals surface area contributed by atoms with Gasteiger partial charge in [-0.05, 0) is 49.7 Å². The maximum Gasteiger partial charge on any atom is 0.274 e. The molecule has 3 rings (SSSR count). The number of rotatable bonds is 8. The molecule has 5 nitrogen and oxygen atoms in total. The number of hydrogen-bond acceptors (Lipinski definition) is 3. The van der Waals surface area contributed by atoms with Gasteiger partial charge in [0.2, 0.25) is 0 Å². The molecule has 0 bridgehead atoms. The average Bonchev–Trinajstić information content (AvgIpc) is 2.98. The lowest BCUT2D eigenvalue weighted by Gasteiger charge is -2.09. The van der Waals surface area contributed by atoms with E-state index in [1.807, 2.05) is 12.1 Å². The van der Waals surface area contributed by atoms with Crippen molar-refractivity contribution in [3.8, 4) is 5.75 Å². The summed E-state index contributed by atoms with van der Waals surface area (Å²) in [5, 5.41) is 2.83. The van der Waals surface area contributed by atoms with Crippen molar-refractivity contribution >= 4 is 17.2 Å². The smallest absolute Gasteiger partial charge is 0.274 e. The first-order chi connectivity index (χ1) is 13.1. The molecule has 0 aliphatic heterocycles. The summed E-state index contributed by atoms with van der Waals surface area (Å²) < 4.78 is 20.7. The largest absolute Gasteiger partial charge is 0.494 e. The van der Waals surface area contributed by atoms with Crippen LogP contribution in [-0.4, -0.2) is 21.9 Å². The van der Waals surface area contributed by atoms with E-state index in [0.717, 1.165) is 12.2 Å². The average molecular weight is 369 g/mol. The first kappa shape index (κ1) is 18.9. The summed E-state index contributed by atoms with van der Waals surface area (Å²) in [6, 6.07) is 10.1. The SMILES string of the molecule is CCCCCCOc1ccc(NC(=O)c2c(C)nc3ccc(F)cn23)cc1. The van der Waals surface area contributed by atoms with Crippen LogP contribution in [0.25, 0.3) is 5.65 Å². The lowest BCUT2D eigenvalue weighted by atomic mass is 10.2. The molecule has 0 saturated carbocycles. The maximum atomic E-state index is 13.5. The van der Waals surface area contributed by atoms with Gasteiger partial charge in [-0.25, -0.2) is 9.37 Å². The number of unbranched alkanes of at least 4 members (excludes halogenated alkanes) is 3. The molecule has 0 spiro atoms. The number of nitrogens with zero attached hydrogens (tertiary/aromatic N) is 2. The Morgan fingerprint density at radius 2 is 1.93 bits per heavy atom. The van der Waals surface area contributed by atoms with Crippen LogP contribution in [0.15, 0.2) is 42.6 Å². The molecule has 1 N–H and O–H groups in total. The van der Waals surface area contributed by atoms with Crippen LogP contribution in [0.2, 0.25) is 0 Å². The van der Waals surface area contributed by atoms with Gasteiger partial charge in [-0.2, -0.15) is 0 Å². The molecule has 142 valence electrons. The van der Waals surface area contributed by atoms with Gasteiger partial charge in [0.15, 0.2) is 0 Å². The van der Waals surface area contributed by atoms with Gasteiger partial charge in [-0.1, -0.05) is 26.2 Å². The highest BCUT2D eigenvalue weighted by Crippen LogP contribution is 2.19. The molecule has 0 atom stereocenters. The highest BCUT2D eigenvalue weighted by Gasteiger charge is 2.17. The molecule has 3 aromatic rings. The zero-order chi connectivity index (χ0) is 19.2. The lowest BCUT2D eigenvalue weighted by molar-refractivity contribution is 0.102. The Morgan fingerprint density at radius 3 is 2.67 bits per heavy atom. The fourth-order valence-electron chi connectivity index (χ4n) is 2.95. The minimum atomic E-state index is -0.422. The molecule has 1 amide bonds. The van der Waals surface area contributed by atoms with E-state index in [9.17, 15) is 9.18 Å². The summed E-state index contributed by atoms with van der Waals surface area (Å²) in [6.07, 6.45) is 5.90. The van der Waals surface area contributed by atoms with Crippen LogP contribution in [0.3, 0.4) is 0 Å². The third-order valence-corrected chi connectivity index (χ3v) is 4.35. The molecule has 0 unspecified atom stereocenters. The molecule has 6 heteroatoms.